The molecule has 0 radical (unpaired) electrons. The number of ether oxygens (including phenoxy) is 1. The van der Waals surface area contributed by atoms with Gasteiger partial charge in [0.1, 0.15) is 12.4 Å². The van der Waals surface area contributed by atoms with Crippen LogP contribution in [0.5, 0.6) is 5.75 Å². The first kappa shape index (κ1) is 18.0. The lowest BCUT2D eigenvalue weighted by Crippen LogP contribution is -2.48. The Bertz CT molecular complexity index is 859. The second-order valence-electron chi connectivity index (χ2n) is 6.96. The van der Waals surface area contributed by atoms with Gasteiger partial charge in [-0.05, 0) is 37.1 Å². The molecule has 1 heterocycles. The van der Waals surface area contributed by atoms with Crippen LogP contribution in [0.4, 0.5) is 11.4 Å². The Hall–Kier alpha value is -2.40. The number of hydrogen-bond acceptors (Lipinski definition) is 5. The molecule has 2 aliphatic rings. The van der Waals surface area contributed by atoms with Gasteiger partial charge in [-0.3, -0.25) is 0 Å². The molecule has 1 spiro atoms. The van der Waals surface area contributed by atoms with Crippen LogP contribution in [-0.2, 0) is 0 Å². The zero-order chi connectivity index (χ0) is 18.5. The predicted octanol–water partition coefficient (Wildman–Crippen LogP) is 6.03. The average molecular weight is 383 g/mol. The fourth-order valence-corrected chi connectivity index (χ4v) is 3.90. The second kappa shape index (κ2) is 8.09. The molecule has 2 aromatic carbocycles. The smallest absolute Gasteiger partial charge is 0.176 e. The van der Waals surface area contributed by atoms with Crippen molar-refractivity contribution in [1.29, 1.82) is 0 Å². The van der Waals surface area contributed by atoms with Crippen molar-refractivity contribution < 1.29 is 4.74 Å². The van der Waals surface area contributed by atoms with Crippen molar-refractivity contribution in [3.8, 4) is 5.75 Å². The van der Waals surface area contributed by atoms with Gasteiger partial charge in [0.05, 0.1) is 28.5 Å². The molecule has 0 amide bonds. The Morgan fingerprint density at radius 2 is 1.81 bits per heavy atom. The fourth-order valence-electron chi connectivity index (χ4n) is 3.71. The van der Waals surface area contributed by atoms with E-state index in [4.69, 9.17) is 21.3 Å². The maximum absolute atomic E-state index is 6.10. The molecule has 0 aromatic heterocycles. The van der Waals surface area contributed by atoms with Crippen LogP contribution >= 0.6 is 11.6 Å². The summed E-state index contributed by atoms with van der Waals surface area (Å²) in [4.78, 5) is 4.82. The SMILES string of the molecule is Clc1ccccc1OCCN=NC1=Nc2ccccc2NC12CCCCC2. The topological polar surface area (TPSA) is 58.3 Å². The number of fused-ring (bicyclic) bond motifs is 1. The Morgan fingerprint density at radius 1 is 1.04 bits per heavy atom. The highest BCUT2D eigenvalue weighted by Gasteiger charge is 2.40. The van der Waals surface area contributed by atoms with Gasteiger partial charge in [-0.1, -0.05) is 55.1 Å². The summed E-state index contributed by atoms with van der Waals surface area (Å²) in [5.74, 6) is 1.46. The standard InChI is InChI=1S/C21H23ClN4O/c22-16-8-2-5-11-19(16)27-15-14-23-26-20-21(12-6-1-7-13-21)25-18-10-4-3-9-17(18)24-20/h2-5,8-11,25H,1,6-7,12-15H2. The Kier molecular flexibility index (Phi) is 5.39. The summed E-state index contributed by atoms with van der Waals surface area (Å²) in [6.45, 7) is 0.888. The summed E-state index contributed by atoms with van der Waals surface area (Å²) in [5, 5.41) is 13.2. The molecule has 1 N–H and O–H groups in total. The molecule has 27 heavy (non-hydrogen) atoms. The molecule has 140 valence electrons. The van der Waals surface area contributed by atoms with Crippen molar-refractivity contribution in [3.63, 3.8) is 0 Å². The zero-order valence-electron chi connectivity index (χ0n) is 15.2. The normalized spacial score (nSPS) is 18.0. The first-order valence-electron chi connectivity index (χ1n) is 9.48. The molecule has 1 aliphatic carbocycles. The Balaban J connectivity index is 1.46. The highest BCUT2D eigenvalue weighted by Crippen LogP contribution is 2.41. The third-order valence-electron chi connectivity index (χ3n) is 5.09. The van der Waals surface area contributed by atoms with Crippen molar-refractivity contribution in [2.24, 2.45) is 15.2 Å². The molecule has 0 unspecified atom stereocenters. The quantitative estimate of drug-likeness (QED) is 0.518. The summed E-state index contributed by atoms with van der Waals surface area (Å²) >= 11 is 6.10. The Morgan fingerprint density at radius 3 is 2.67 bits per heavy atom. The molecule has 0 saturated heterocycles. The third-order valence-corrected chi connectivity index (χ3v) is 5.40. The lowest BCUT2D eigenvalue weighted by molar-refractivity contribution is 0.326. The largest absolute Gasteiger partial charge is 0.490 e. The van der Waals surface area contributed by atoms with Gasteiger partial charge in [0.25, 0.3) is 0 Å². The van der Waals surface area contributed by atoms with Gasteiger partial charge in [0.15, 0.2) is 5.84 Å². The maximum atomic E-state index is 6.10. The van der Waals surface area contributed by atoms with E-state index in [1.54, 1.807) is 0 Å². The first-order chi connectivity index (χ1) is 13.3. The van der Waals surface area contributed by atoms with E-state index in [1.807, 2.05) is 42.5 Å². The van der Waals surface area contributed by atoms with Gasteiger partial charge in [-0.15, -0.1) is 5.11 Å². The minimum absolute atomic E-state index is 0.195. The summed E-state index contributed by atoms with van der Waals surface area (Å²) in [7, 11) is 0. The first-order valence-corrected chi connectivity index (χ1v) is 9.86. The van der Waals surface area contributed by atoms with E-state index >= 15 is 0 Å². The van der Waals surface area contributed by atoms with Crippen molar-refractivity contribution in [2.45, 2.75) is 37.6 Å². The number of nitrogens with zero attached hydrogens (tertiary/aromatic N) is 3. The molecule has 0 atom stereocenters. The van der Waals surface area contributed by atoms with Crippen molar-refractivity contribution in [2.75, 3.05) is 18.5 Å². The average Bonchev–Trinajstić information content (AvgIpc) is 2.70. The summed E-state index contributed by atoms with van der Waals surface area (Å²) < 4.78 is 5.68. The Labute approximate surface area is 164 Å². The van der Waals surface area contributed by atoms with Gasteiger partial charge in [0, 0.05) is 0 Å². The van der Waals surface area contributed by atoms with Crippen LogP contribution < -0.4 is 10.1 Å². The zero-order valence-corrected chi connectivity index (χ0v) is 16.0. The van der Waals surface area contributed by atoms with Gasteiger partial charge >= 0.3 is 0 Å². The highest BCUT2D eigenvalue weighted by molar-refractivity contribution is 6.32. The summed E-state index contributed by atoms with van der Waals surface area (Å²) in [5.41, 5.74) is 1.81. The van der Waals surface area contributed by atoms with Gasteiger partial charge < -0.3 is 10.1 Å². The molecule has 1 aliphatic heterocycles. The number of rotatable bonds is 4. The third kappa shape index (κ3) is 3.98. The molecule has 2 aromatic rings. The monoisotopic (exact) mass is 382 g/mol. The van der Waals surface area contributed by atoms with E-state index in [9.17, 15) is 0 Å². The van der Waals surface area contributed by atoms with Crippen molar-refractivity contribution >= 4 is 28.8 Å². The van der Waals surface area contributed by atoms with Crippen LogP contribution in [0.2, 0.25) is 5.02 Å². The maximum Gasteiger partial charge on any atom is 0.176 e. The lowest BCUT2D eigenvalue weighted by atomic mass is 9.79. The van der Waals surface area contributed by atoms with Gasteiger partial charge in [-0.25, -0.2) is 4.99 Å². The van der Waals surface area contributed by atoms with E-state index in [0.29, 0.717) is 23.9 Å². The van der Waals surface area contributed by atoms with E-state index in [-0.39, 0.29) is 5.54 Å². The number of amidine groups is 1. The molecular weight excluding hydrogens is 360 g/mol. The highest BCUT2D eigenvalue weighted by atomic mass is 35.5. The number of anilines is 1. The van der Waals surface area contributed by atoms with Crippen LogP contribution in [0, 0.1) is 0 Å². The number of aliphatic imine (C=N–C) groups is 1. The van der Waals surface area contributed by atoms with E-state index in [1.165, 1.54) is 19.3 Å². The fraction of sp³-hybridized carbons (Fsp3) is 0.381. The number of azo groups is 1. The number of hydrogen-bond donors (Lipinski definition) is 1. The molecule has 6 heteroatoms. The molecule has 4 rings (SSSR count). The van der Waals surface area contributed by atoms with E-state index in [2.05, 4.69) is 21.6 Å². The minimum atomic E-state index is -0.195. The summed E-state index contributed by atoms with van der Waals surface area (Å²) in [6.07, 6.45) is 5.70. The lowest BCUT2D eigenvalue weighted by Gasteiger charge is -2.40. The summed E-state index contributed by atoms with van der Waals surface area (Å²) in [6, 6.07) is 15.6. The molecule has 1 saturated carbocycles. The number of halogens is 1. The van der Waals surface area contributed by atoms with Crippen LogP contribution in [-0.4, -0.2) is 24.5 Å². The number of nitrogens with one attached hydrogen (secondary N) is 1. The van der Waals surface area contributed by atoms with E-state index < -0.39 is 0 Å². The predicted molar refractivity (Wildman–Crippen MR) is 110 cm³/mol. The number of benzene rings is 2. The van der Waals surface area contributed by atoms with Crippen molar-refractivity contribution in [3.05, 3.63) is 53.6 Å². The van der Waals surface area contributed by atoms with Gasteiger partial charge in [-0.2, -0.15) is 5.11 Å². The van der Waals surface area contributed by atoms with E-state index in [0.717, 1.165) is 30.1 Å². The van der Waals surface area contributed by atoms with Crippen LogP contribution in [0.15, 0.2) is 63.8 Å². The van der Waals surface area contributed by atoms with Crippen LogP contribution in [0.1, 0.15) is 32.1 Å². The number of para-hydroxylation sites is 3. The second-order valence-corrected chi connectivity index (χ2v) is 7.37. The molecule has 5 nitrogen and oxygen atoms in total. The molecule has 1 fully saturated rings. The van der Waals surface area contributed by atoms with Gasteiger partial charge in [0.2, 0.25) is 0 Å². The van der Waals surface area contributed by atoms with Crippen molar-refractivity contribution in [1.82, 2.24) is 0 Å². The van der Waals surface area contributed by atoms with Crippen LogP contribution in [0.3, 0.4) is 0 Å². The molecular formula is C21H23ClN4O. The van der Waals surface area contributed by atoms with Crippen LogP contribution in [0.25, 0.3) is 0 Å². The molecule has 0 bridgehead atoms. The minimum Gasteiger partial charge on any atom is -0.490 e.